The van der Waals surface area contributed by atoms with Gasteiger partial charge in [0.05, 0.1) is 17.9 Å². The Hall–Kier alpha value is -2.89. The van der Waals surface area contributed by atoms with E-state index in [0.717, 1.165) is 12.8 Å². The molecule has 0 fully saturated rings. The lowest BCUT2D eigenvalue weighted by Gasteiger charge is -2.14. The van der Waals surface area contributed by atoms with E-state index in [4.69, 9.17) is 9.47 Å². The Bertz CT molecular complexity index is 746. The van der Waals surface area contributed by atoms with Crippen LogP contribution in [0.1, 0.15) is 37.0 Å². The highest BCUT2D eigenvalue weighted by Crippen LogP contribution is 2.16. The van der Waals surface area contributed by atoms with Crippen LogP contribution in [0, 0.1) is 5.82 Å². The molecule has 6 heteroatoms. The average Bonchev–Trinajstić information content (AvgIpc) is 2.64. The molecule has 0 aliphatic rings. The lowest BCUT2D eigenvalue weighted by atomic mass is 10.2. The van der Waals surface area contributed by atoms with Gasteiger partial charge >= 0.3 is 5.97 Å². The number of anilines is 1. The number of para-hydroxylation sites is 1. The number of rotatable bonds is 8. The Morgan fingerprint density at radius 1 is 1.12 bits per heavy atom. The van der Waals surface area contributed by atoms with Crippen molar-refractivity contribution in [1.82, 2.24) is 0 Å². The summed E-state index contributed by atoms with van der Waals surface area (Å²) >= 11 is 0. The van der Waals surface area contributed by atoms with Crippen molar-refractivity contribution in [2.75, 3.05) is 11.9 Å². The fourth-order valence-electron chi connectivity index (χ4n) is 2.10. The van der Waals surface area contributed by atoms with Gasteiger partial charge in [0.15, 0.2) is 6.10 Å². The molecule has 0 heterocycles. The maximum absolute atomic E-state index is 13.6. The average molecular weight is 359 g/mol. The number of amides is 1. The summed E-state index contributed by atoms with van der Waals surface area (Å²) in [6, 6.07) is 12.3. The SMILES string of the molecule is CCCCOc1ccc(C(=O)O[C@@H](C)C(=O)Nc2ccccc2F)cc1. The second-order valence-electron chi connectivity index (χ2n) is 5.74. The highest BCUT2D eigenvalue weighted by atomic mass is 19.1. The van der Waals surface area contributed by atoms with Crippen molar-refractivity contribution in [3.05, 3.63) is 59.9 Å². The predicted molar refractivity (Wildman–Crippen MR) is 96.8 cm³/mol. The van der Waals surface area contributed by atoms with Crippen molar-refractivity contribution >= 4 is 17.6 Å². The van der Waals surface area contributed by atoms with Gasteiger partial charge < -0.3 is 14.8 Å². The van der Waals surface area contributed by atoms with Crippen LogP contribution in [-0.2, 0) is 9.53 Å². The van der Waals surface area contributed by atoms with Crippen LogP contribution in [0.15, 0.2) is 48.5 Å². The number of nitrogens with one attached hydrogen (secondary N) is 1. The van der Waals surface area contributed by atoms with Crippen LogP contribution in [0.5, 0.6) is 5.75 Å². The van der Waals surface area contributed by atoms with E-state index in [2.05, 4.69) is 12.2 Å². The number of halogens is 1. The third kappa shape index (κ3) is 5.58. The smallest absolute Gasteiger partial charge is 0.338 e. The van der Waals surface area contributed by atoms with Crippen LogP contribution in [-0.4, -0.2) is 24.6 Å². The number of hydrogen-bond donors (Lipinski definition) is 1. The number of esters is 1. The molecule has 0 aliphatic carbocycles. The molecule has 2 aromatic rings. The van der Waals surface area contributed by atoms with Crippen molar-refractivity contribution in [3.63, 3.8) is 0 Å². The maximum atomic E-state index is 13.6. The van der Waals surface area contributed by atoms with E-state index < -0.39 is 23.8 Å². The fraction of sp³-hybridized carbons (Fsp3) is 0.300. The van der Waals surface area contributed by atoms with E-state index in [1.54, 1.807) is 30.3 Å². The van der Waals surface area contributed by atoms with E-state index in [1.807, 2.05) is 0 Å². The largest absolute Gasteiger partial charge is 0.494 e. The zero-order valence-corrected chi connectivity index (χ0v) is 14.8. The molecule has 1 atom stereocenters. The summed E-state index contributed by atoms with van der Waals surface area (Å²) in [5.74, 6) is -1.14. The minimum Gasteiger partial charge on any atom is -0.494 e. The third-order valence-electron chi connectivity index (χ3n) is 3.64. The molecule has 5 nitrogen and oxygen atoms in total. The molecular weight excluding hydrogens is 337 g/mol. The van der Waals surface area contributed by atoms with Crippen molar-refractivity contribution in [1.29, 1.82) is 0 Å². The molecule has 0 saturated carbocycles. The normalized spacial score (nSPS) is 11.5. The first-order chi connectivity index (χ1) is 12.5. The molecule has 1 amide bonds. The minimum atomic E-state index is -1.07. The first kappa shape index (κ1) is 19.4. The highest BCUT2D eigenvalue weighted by molar-refractivity contribution is 5.97. The summed E-state index contributed by atoms with van der Waals surface area (Å²) in [6.07, 6.45) is 0.929. The number of benzene rings is 2. The van der Waals surface area contributed by atoms with Gasteiger partial charge in [-0.15, -0.1) is 0 Å². The Morgan fingerprint density at radius 2 is 1.81 bits per heavy atom. The van der Waals surface area contributed by atoms with Gasteiger partial charge in [-0.1, -0.05) is 25.5 Å². The zero-order valence-electron chi connectivity index (χ0n) is 14.8. The molecule has 0 bridgehead atoms. The fourth-order valence-corrected chi connectivity index (χ4v) is 2.10. The summed E-state index contributed by atoms with van der Waals surface area (Å²) in [5, 5.41) is 2.39. The Kier molecular flexibility index (Phi) is 7.14. The molecule has 2 rings (SSSR count). The summed E-state index contributed by atoms with van der Waals surface area (Å²) in [5.41, 5.74) is 0.340. The Morgan fingerprint density at radius 3 is 2.46 bits per heavy atom. The summed E-state index contributed by atoms with van der Waals surface area (Å²) < 4.78 is 24.2. The molecule has 0 radical (unpaired) electrons. The van der Waals surface area contributed by atoms with Crippen LogP contribution in [0.2, 0.25) is 0 Å². The zero-order chi connectivity index (χ0) is 18.9. The summed E-state index contributed by atoms with van der Waals surface area (Å²) in [7, 11) is 0. The van der Waals surface area contributed by atoms with Gasteiger partial charge in [0.2, 0.25) is 0 Å². The molecule has 0 aromatic heterocycles. The van der Waals surface area contributed by atoms with E-state index in [0.29, 0.717) is 17.9 Å². The molecule has 0 saturated heterocycles. The van der Waals surface area contributed by atoms with Crippen molar-refractivity contribution < 1.29 is 23.5 Å². The molecule has 2 aromatic carbocycles. The first-order valence-corrected chi connectivity index (χ1v) is 8.50. The molecule has 0 unspecified atom stereocenters. The number of carbonyl (C=O) groups is 2. The van der Waals surface area contributed by atoms with Gasteiger partial charge in [-0.05, 0) is 49.7 Å². The van der Waals surface area contributed by atoms with E-state index in [1.165, 1.54) is 25.1 Å². The second-order valence-corrected chi connectivity index (χ2v) is 5.74. The molecule has 26 heavy (non-hydrogen) atoms. The Balaban J connectivity index is 1.89. The van der Waals surface area contributed by atoms with Crippen LogP contribution >= 0.6 is 0 Å². The Labute approximate surface area is 152 Å². The standard InChI is InChI=1S/C20H22FNO4/c1-3-4-13-25-16-11-9-15(10-12-16)20(24)26-14(2)19(23)22-18-8-6-5-7-17(18)21/h5-12,14H,3-4,13H2,1-2H3,(H,22,23)/t14-/m0/s1. The number of unbranched alkanes of at least 4 members (excludes halogenated alkanes) is 1. The van der Waals surface area contributed by atoms with Gasteiger partial charge in [-0.3, -0.25) is 4.79 Å². The van der Waals surface area contributed by atoms with E-state index in [-0.39, 0.29) is 5.69 Å². The van der Waals surface area contributed by atoms with Crippen molar-refractivity contribution in [3.8, 4) is 5.75 Å². The topological polar surface area (TPSA) is 64.6 Å². The molecule has 0 spiro atoms. The van der Waals surface area contributed by atoms with Gasteiger partial charge in [0, 0.05) is 0 Å². The van der Waals surface area contributed by atoms with Crippen molar-refractivity contribution in [2.45, 2.75) is 32.8 Å². The monoisotopic (exact) mass is 359 g/mol. The lowest BCUT2D eigenvalue weighted by molar-refractivity contribution is -0.123. The van der Waals surface area contributed by atoms with Gasteiger partial charge in [0.1, 0.15) is 11.6 Å². The highest BCUT2D eigenvalue weighted by Gasteiger charge is 2.20. The quantitative estimate of drug-likeness (QED) is 0.567. The molecular formula is C20H22FNO4. The first-order valence-electron chi connectivity index (χ1n) is 8.50. The van der Waals surface area contributed by atoms with E-state index in [9.17, 15) is 14.0 Å². The van der Waals surface area contributed by atoms with Crippen LogP contribution in [0.3, 0.4) is 0 Å². The minimum absolute atomic E-state index is 0.0361. The van der Waals surface area contributed by atoms with Crippen molar-refractivity contribution in [2.24, 2.45) is 0 Å². The number of ether oxygens (including phenoxy) is 2. The predicted octanol–water partition coefficient (Wildman–Crippen LogP) is 4.19. The van der Waals surface area contributed by atoms with Gasteiger partial charge in [0.25, 0.3) is 5.91 Å². The van der Waals surface area contributed by atoms with Gasteiger partial charge in [-0.2, -0.15) is 0 Å². The maximum Gasteiger partial charge on any atom is 0.338 e. The van der Waals surface area contributed by atoms with Gasteiger partial charge in [-0.25, -0.2) is 9.18 Å². The van der Waals surface area contributed by atoms with Crippen LogP contribution < -0.4 is 10.1 Å². The number of hydrogen-bond acceptors (Lipinski definition) is 4. The molecule has 1 N–H and O–H groups in total. The summed E-state index contributed by atoms with van der Waals surface area (Å²) in [6.45, 7) is 4.12. The number of carbonyl (C=O) groups excluding carboxylic acids is 2. The second kappa shape index (κ2) is 9.56. The molecule has 138 valence electrons. The summed E-state index contributed by atoms with van der Waals surface area (Å²) in [4.78, 5) is 24.2. The molecule has 0 aliphatic heterocycles. The van der Waals surface area contributed by atoms with Crippen LogP contribution in [0.25, 0.3) is 0 Å². The van der Waals surface area contributed by atoms with E-state index >= 15 is 0 Å². The third-order valence-corrected chi connectivity index (χ3v) is 3.64. The van der Waals surface area contributed by atoms with Crippen LogP contribution in [0.4, 0.5) is 10.1 Å². The lowest BCUT2D eigenvalue weighted by Crippen LogP contribution is -2.30.